The van der Waals surface area contributed by atoms with Crippen molar-refractivity contribution >= 4 is 23.1 Å². The highest BCUT2D eigenvalue weighted by Crippen LogP contribution is 2.41. The van der Waals surface area contributed by atoms with E-state index in [1.165, 1.54) is 24.8 Å². The van der Waals surface area contributed by atoms with Crippen molar-refractivity contribution in [2.45, 2.75) is 71.3 Å². The lowest BCUT2D eigenvalue weighted by atomic mass is 9.95. The maximum absolute atomic E-state index is 14.0. The molecule has 2 heterocycles. The Morgan fingerprint density at radius 1 is 0.844 bits per heavy atom. The van der Waals surface area contributed by atoms with Crippen LogP contribution in [0.1, 0.15) is 67.2 Å². The Bertz CT molecular complexity index is 1090. The molecule has 0 N–H and O–H groups in total. The summed E-state index contributed by atoms with van der Waals surface area (Å²) in [6, 6.07) is 14.4. The molecular weight excluding hydrogens is 396 g/mol. The Labute approximate surface area is 190 Å². The largest absolute Gasteiger partial charge is 0.336 e. The molecule has 0 atom stereocenters. The number of aryl methyl sites for hydroxylation is 2. The SMILES string of the molecule is Cc1ccc(C2=C(N3CCc4ccccc43)C(=O)N(C3CCCCCCC3)C2=O)c(C)c1. The van der Waals surface area contributed by atoms with Gasteiger partial charge in [-0.2, -0.15) is 0 Å². The van der Waals surface area contributed by atoms with Gasteiger partial charge >= 0.3 is 0 Å². The Kier molecular flexibility index (Phi) is 5.62. The minimum Gasteiger partial charge on any atom is -0.336 e. The Balaban J connectivity index is 1.62. The quantitative estimate of drug-likeness (QED) is 0.601. The minimum atomic E-state index is -0.105. The summed E-state index contributed by atoms with van der Waals surface area (Å²) in [6.07, 6.45) is 8.54. The van der Waals surface area contributed by atoms with Gasteiger partial charge in [-0.1, -0.05) is 74.1 Å². The van der Waals surface area contributed by atoms with Gasteiger partial charge in [0.05, 0.1) is 5.57 Å². The highest BCUT2D eigenvalue weighted by Gasteiger charge is 2.46. The highest BCUT2D eigenvalue weighted by molar-refractivity contribution is 6.37. The average molecular weight is 429 g/mol. The maximum atomic E-state index is 14.0. The number of anilines is 1. The summed E-state index contributed by atoms with van der Waals surface area (Å²) in [7, 11) is 0. The van der Waals surface area contributed by atoms with Crippen molar-refractivity contribution < 1.29 is 9.59 Å². The van der Waals surface area contributed by atoms with E-state index < -0.39 is 0 Å². The highest BCUT2D eigenvalue weighted by atomic mass is 16.2. The van der Waals surface area contributed by atoms with Crippen molar-refractivity contribution in [3.05, 3.63) is 70.4 Å². The third-order valence-electron chi connectivity index (χ3n) is 7.34. The van der Waals surface area contributed by atoms with Crippen LogP contribution < -0.4 is 4.90 Å². The Morgan fingerprint density at radius 3 is 2.31 bits per heavy atom. The number of hydrogen-bond donors (Lipinski definition) is 0. The molecule has 166 valence electrons. The van der Waals surface area contributed by atoms with Crippen LogP contribution in [0.2, 0.25) is 0 Å². The first-order valence-electron chi connectivity index (χ1n) is 12.1. The fourth-order valence-corrected chi connectivity index (χ4v) is 5.72. The molecule has 4 nitrogen and oxygen atoms in total. The molecule has 0 aromatic heterocycles. The van der Waals surface area contributed by atoms with Gasteiger partial charge in [-0.05, 0) is 55.9 Å². The second-order valence-electron chi connectivity index (χ2n) is 9.55. The number of carbonyl (C=O) groups is 2. The van der Waals surface area contributed by atoms with Gasteiger partial charge in [0.25, 0.3) is 11.8 Å². The van der Waals surface area contributed by atoms with Gasteiger partial charge in [-0.3, -0.25) is 14.5 Å². The summed E-state index contributed by atoms with van der Waals surface area (Å²) in [5.41, 5.74) is 6.57. The van der Waals surface area contributed by atoms with Crippen molar-refractivity contribution in [3.63, 3.8) is 0 Å². The van der Waals surface area contributed by atoms with Crippen LogP contribution in [-0.4, -0.2) is 29.3 Å². The smallest absolute Gasteiger partial charge is 0.278 e. The zero-order chi connectivity index (χ0) is 22.2. The zero-order valence-electron chi connectivity index (χ0n) is 19.2. The standard InChI is InChI=1S/C28H32N2O2/c1-19-14-15-23(20(2)18-19)25-26(29-17-16-21-10-8-9-13-24(21)29)28(32)30(27(25)31)22-11-6-4-3-5-7-12-22/h8-10,13-15,18,22H,3-7,11-12,16-17H2,1-2H3. The Hall–Kier alpha value is -2.88. The summed E-state index contributed by atoms with van der Waals surface area (Å²) >= 11 is 0. The molecule has 1 fully saturated rings. The number of rotatable bonds is 3. The van der Waals surface area contributed by atoms with E-state index in [2.05, 4.69) is 30.0 Å². The van der Waals surface area contributed by atoms with E-state index in [0.29, 0.717) is 11.3 Å². The van der Waals surface area contributed by atoms with E-state index >= 15 is 0 Å². The number of imide groups is 1. The maximum Gasteiger partial charge on any atom is 0.278 e. The molecule has 2 aromatic carbocycles. The predicted molar refractivity (Wildman–Crippen MR) is 128 cm³/mol. The molecule has 32 heavy (non-hydrogen) atoms. The van der Waals surface area contributed by atoms with Crippen LogP contribution in [0, 0.1) is 13.8 Å². The molecule has 2 aliphatic heterocycles. The molecule has 0 unspecified atom stereocenters. The number of carbonyl (C=O) groups excluding carboxylic acids is 2. The molecule has 0 radical (unpaired) electrons. The summed E-state index contributed by atoms with van der Waals surface area (Å²) in [6.45, 7) is 4.84. The van der Waals surface area contributed by atoms with Crippen molar-refractivity contribution in [3.8, 4) is 0 Å². The topological polar surface area (TPSA) is 40.6 Å². The lowest BCUT2D eigenvalue weighted by Gasteiger charge is -2.29. The number of para-hydroxylation sites is 1. The van der Waals surface area contributed by atoms with Crippen molar-refractivity contribution in [2.24, 2.45) is 0 Å². The van der Waals surface area contributed by atoms with E-state index in [1.54, 1.807) is 4.90 Å². The number of fused-ring (bicyclic) bond motifs is 1. The molecule has 1 saturated carbocycles. The van der Waals surface area contributed by atoms with Crippen LogP contribution in [0.3, 0.4) is 0 Å². The van der Waals surface area contributed by atoms with Crippen LogP contribution in [-0.2, 0) is 16.0 Å². The van der Waals surface area contributed by atoms with Crippen LogP contribution in [0.15, 0.2) is 48.2 Å². The molecule has 2 aromatic rings. The molecule has 0 spiro atoms. The minimum absolute atomic E-state index is 0.00593. The number of hydrogen-bond acceptors (Lipinski definition) is 3. The van der Waals surface area contributed by atoms with Crippen LogP contribution in [0.25, 0.3) is 5.57 Å². The van der Waals surface area contributed by atoms with Crippen molar-refractivity contribution in [1.29, 1.82) is 0 Å². The van der Waals surface area contributed by atoms with Crippen molar-refractivity contribution in [2.75, 3.05) is 11.4 Å². The Morgan fingerprint density at radius 2 is 1.56 bits per heavy atom. The molecule has 5 rings (SSSR count). The first-order valence-corrected chi connectivity index (χ1v) is 12.1. The number of nitrogens with zero attached hydrogens (tertiary/aromatic N) is 2. The zero-order valence-corrected chi connectivity index (χ0v) is 19.2. The van der Waals surface area contributed by atoms with Gasteiger partial charge in [0, 0.05) is 18.3 Å². The molecule has 1 aliphatic carbocycles. The van der Waals surface area contributed by atoms with Crippen molar-refractivity contribution in [1.82, 2.24) is 4.90 Å². The molecule has 4 heteroatoms. The summed E-state index contributed by atoms with van der Waals surface area (Å²) in [5, 5.41) is 0. The summed E-state index contributed by atoms with van der Waals surface area (Å²) < 4.78 is 0. The van der Waals surface area contributed by atoms with E-state index in [9.17, 15) is 9.59 Å². The first kappa shape index (κ1) is 21.0. The first-order chi connectivity index (χ1) is 15.6. The second-order valence-corrected chi connectivity index (χ2v) is 9.55. The van der Waals surface area contributed by atoms with E-state index in [1.807, 2.05) is 31.2 Å². The van der Waals surface area contributed by atoms with Crippen LogP contribution >= 0.6 is 0 Å². The third-order valence-corrected chi connectivity index (χ3v) is 7.34. The predicted octanol–water partition coefficient (Wildman–Crippen LogP) is 5.56. The van der Waals surface area contributed by atoms with Gasteiger partial charge in [0.1, 0.15) is 5.70 Å². The van der Waals surface area contributed by atoms with Gasteiger partial charge in [0.15, 0.2) is 0 Å². The monoisotopic (exact) mass is 428 g/mol. The molecule has 0 saturated heterocycles. The van der Waals surface area contributed by atoms with E-state index in [0.717, 1.165) is 61.0 Å². The van der Waals surface area contributed by atoms with E-state index in [-0.39, 0.29) is 17.9 Å². The second kappa shape index (κ2) is 8.57. The fraction of sp³-hybridized carbons (Fsp3) is 0.429. The molecule has 2 amide bonds. The number of benzene rings is 2. The lowest BCUT2D eigenvalue weighted by Crippen LogP contribution is -2.42. The normalized spacial score (nSPS) is 20.1. The van der Waals surface area contributed by atoms with Gasteiger partial charge < -0.3 is 4.90 Å². The molecule has 3 aliphatic rings. The molecular formula is C28H32N2O2. The third kappa shape index (κ3) is 3.56. The lowest BCUT2D eigenvalue weighted by molar-refractivity contribution is -0.140. The fourth-order valence-electron chi connectivity index (χ4n) is 5.72. The summed E-state index contributed by atoms with van der Waals surface area (Å²) in [4.78, 5) is 31.7. The summed E-state index contributed by atoms with van der Waals surface area (Å²) in [5.74, 6) is -0.209. The van der Waals surface area contributed by atoms with Gasteiger partial charge in [-0.15, -0.1) is 0 Å². The van der Waals surface area contributed by atoms with E-state index in [4.69, 9.17) is 0 Å². The van der Waals surface area contributed by atoms with Gasteiger partial charge in [0.2, 0.25) is 0 Å². The van der Waals surface area contributed by atoms with Gasteiger partial charge in [-0.25, -0.2) is 0 Å². The van der Waals surface area contributed by atoms with Crippen LogP contribution in [0.5, 0.6) is 0 Å². The average Bonchev–Trinajstić information content (AvgIpc) is 3.27. The molecule has 0 bridgehead atoms. The number of amides is 2. The van der Waals surface area contributed by atoms with Crippen LogP contribution in [0.4, 0.5) is 5.69 Å².